The summed E-state index contributed by atoms with van der Waals surface area (Å²) in [5.74, 6) is -7.47. The number of likely N-dealkylation sites (N-methyl/N-ethyl adjacent to an activating group) is 1. The predicted octanol–water partition coefficient (Wildman–Crippen LogP) is 11.4. The molecule has 115 heavy (non-hydrogen) atoms. The zero-order valence-electron chi connectivity index (χ0n) is 69.7. The van der Waals surface area contributed by atoms with Crippen molar-refractivity contribution in [1.82, 2.24) is 20.6 Å². The number of carbonyl (C=O) groups excluding carboxylic acids is 12. The molecule has 0 aliphatic carbocycles. The number of aromatic hydroxyl groups is 2. The summed E-state index contributed by atoms with van der Waals surface area (Å²) in [4.78, 5) is 158. The first kappa shape index (κ1) is 111. The minimum Gasteiger partial charge on any atom is -1.00 e. The molecule has 27 heteroatoms. The molecule has 2 unspecified atom stereocenters. The number of unbranched alkanes of at least 4 members (excludes halogenated alkanes) is 1. The smallest absolute Gasteiger partial charge is 1.00 e. The number of esters is 3. The molecule has 24 nitrogen and oxygen atoms in total. The number of benzene rings is 4. The summed E-state index contributed by atoms with van der Waals surface area (Å²) in [5, 5.41) is 29.4. The summed E-state index contributed by atoms with van der Waals surface area (Å²) in [6, 6.07) is 20.0. The van der Waals surface area contributed by atoms with E-state index in [1.54, 1.807) is 125 Å². The molecule has 0 radical (unpaired) electrons. The van der Waals surface area contributed by atoms with Crippen LogP contribution in [0.1, 0.15) is 218 Å². The first-order chi connectivity index (χ1) is 51.7. The molecular formula is C88H127BrClMgN5O19. The van der Waals surface area contributed by atoms with Crippen LogP contribution < -0.4 is 33.3 Å². The fourth-order valence-electron chi connectivity index (χ4n) is 11.2. The van der Waals surface area contributed by atoms with Gasteiger partial charge in [-0.25, -0.2) is 5.06 Å². The Kier molecular flexibility index (Phi) is 51.3. The Labute approximate surface area is 714 Å². The molecule has 4 aromatic carbocycles. The first-order valence-electron chi connectivity index (χ1n) is 37.3. The van der Waals surface area contributed by atoms with Crippen molar-refractivity contribution in [3.63, 3.8) is 0 Å². The number of fused-ring (bicyclic) bond motifs is 5. The van der Waals surface area contributed by atoms with Gasteiger partial charge in [0.1, 0.15) is 46.5 Å². The van der Waals surface area contributed by atoms with Gasteiger partial charge in [0, 0.05) is 84.7 Å². The molecule has 4 aromatic rings. The van der Waals surface area contributed by atoms with E-state index in [-0.39, 0.29) is 181 Å². The average molecular weight is 1700 g/mol. The van der Waals surface area contributed by atoms with Crippen molar-refractivity contribution in [2.45, 2.75) is 244 Å². The molecule has 2 heterocycles. The van der Waals surface area contributed by atoms with Crippen molar-refractivity contribution in [2.24, 2.45) is 35.3 Å². The maximum atomic E-state index is 14.6. The maximum absolute atomic E-state index is 14.6. The number of carbonyl (C=O) groups is 12. The van der Waals surface area contributed by atoms with Crippen molar-refractivity contribution in [2.75, 3.05) is 27.7 Å². The van der Waals surface area contributed by atoms with Gasteiger partial charge in [-0.2, -0.15) is 0 Å². The second-order valence-electron chi connectivity index (χ2n) is 30.6. The van der Waals surface area contributed by atoms with Gasteiger partial charge in [0.15, 0.2) is 28.9 Å². The van der Waals surface area contributed by atoms with Gasteiger partial charge in [0.05, 0.1) is 38.5 Å². The van der Waals surface area contributed by atoms with Crippen molar-refractivity contribution in [3.8, 4) is 33.8 Å². The number of halogens is 2. The minimum atomic E-state index is -1.28. The van der Waals surface area contributed by atoms with Gasteiger partial charge in [0.25, 0.3) is 0 Å². The number of rotatable bonds is 26. The number of hydrogen-bond acceptors (Lipinski definition) is 20. The number of epoxide rings is 1. The number of amides is 4. The van der Waals surface area contributed by atoms with Crippen molar-refractivity contribution in [3.05, 3.63) is 144 Å². The van der Waals surface area contributed by atoms with Crippen molar-refractivity contribution in [1.29, 1.82) is 0 Å². The maximum Gasteiger partial charge on any atom is 2.00 e. The van der Waals surface area contributed by atoms with Crippen LogP contribution in [0.4, 0.5) is 0 Å². The van der Waals surface area contributed by atoms with E-state index in [2.05, 4.69) is 10.6 Å². The zero-order chi connectivity index (χ0) is 84.6. The number of nitrogens with two attached hydrogens (primary N) is 1. The predicted molar refractivity (Wildman–Crippen MR) is 446 cm³/mol. The van der Waals surface area contributed by atoms with E-state index in [0.29, 0.717) is 47.5 Å². The van der Waals surface area contributed by atoms with Gasteiger partial charge in [-0.15, -0.1) is 0 Å². The third-order valence-electron chi connectivity index (χ3n) is 17.0. The molecule has 4 bridgehead atoms. The minimum absolute atomic E-state index is 0. The zero-order valence-corrected chi connectivity index (χ0v) is 73.4. The Bertz CT molecular complexity index is 3850. The third-order valence-corrected chi connectivity index (χ3v) is 17.3. The standard InChI is InChI=1S/C48H53ClN4O9.2C12H20O3.C11H21NO4.C3H5.2CH4.BrH.Mg/c1-26-21-42(57)43(53(4)48(61)34(7-5-6-20-50)25-41(56)32-11-9-30(10-12-32)31-13-16-35(49)17-14-31)33-15-19-40(55)37(24-33)36-22-29(8-18-39(36)54)23-38(52-46(26)59)47(60)51-27(2)44(58)45-28(3)62-45;2*1-6-7-10(13)9(2)8-11(14)15-12(3,4)5;1-8(10(14)12(5)15-6)7-9(13)16-11(2,3)4;1-3-2;;;;/h8-19,22,24,26-28,34,38,43,45,54-55H,5-7,20-21,23,25,50H2,1-4H3,(H,51,60)(H,52,59);2*6-7,9H,8H2,1-5H3;8H,7H2,1-6H3;1,3H,2H3;2*1H4;1H;/q;;;;-1;;;;+2/p-1/b;7-6+;7-6-;;;;;;/t26-,27+,28?,34-,38+,43+,45?;2*9-;8-;;;;;/m1111...../s1. The number of phenols is 2. The first-order valence-corrected chi connectivity index (χ1v) is 37.7. The molecular weight excluding hydrogens is 1570 g/mol. The van der Waals surface area contributed by atoms with E-state index in [0.717, 1.165) is 16.2 Å². The summed E-state index contributed by atoms with van der Waals surface area (Å²) in [7, 11) is 4.38. The number of Topliss-reactive ketones (excluding diaryl/α,β-unsaturated/α-hetero) is 3. The van der Waals surface area contributed by atoms with E-state index >= 15 is 0 Å². The molecule has 2 aliphatic rings. The van der Waals surface area contributed by atoms with Crippen LogP contribution in [-0.2, 0) is 82.9 Å². The van der Waals surface area contributed by atoms with Crippen LogP contribution in [0.2, 0.25) is 5.02 Å². The molecule has 2 aliphatic heterocycles. The second-order valence-corrected chi connectivity index (χ2v) is 31.1. The average Bonchev–Trinajstić information content (AvgIpc) is 0.907. The number of allylic oxidation sites excluding steroid dienone is 5. The molecule has 0 spiro atoms. The third kappa shape index (κ3) is 40.5. The van der Waals surface area contributed by atoms with E-state index in [1.165, 1.54) is 75.5 Å². The fraction of sp³-hybridized carbons (Fsp3) is 0.523. The van der Waals surface area contributed by atoms with E-state index in [1.807, 2.05) is 65.8 Å². The van der Waals surface area contributed by atoms with Crippen molar-refractivity contribution >= 4 is 105 Å². The Morgan fingerprint density at radius 2 is 1.10 bits per heavy atom. The van der Waals surface area contributed by atoms with Crippen LogP contribution in [0.25, 0.3) is 22.3 Å². The van der Waals surface area contributed by atoms with Gasteiger partial charge >= 0.3 is 41.0 Å². The SMILES string of the molecule is C.C.C/C=C/C(=O)[C@H](C)CC(=O)OC(C)(C)C.C/C=C\C(=O)[C@H](C)CC(=O)OC(C)(C)C.CC1OC1C(=O)[C@H](C)NC(=O)[C@@H]1Cc2ccc(O)c(c2)-c2cc(ccc2O)[C@H](N(C)C(=O)[C@H](CCCCN)CC(=O)c2ccc(-c3ccc(Cl)cc3)cc2)C(=O)C[C@@H](C)C(=O)N1.CON(C)C(=O)[C@H](C)CC(=O)OC(C)(C)C.[Br-].[CH-]=CC.[Mg+2]. The van der Waals surface area contributed by atoms with Crippen LogP contribution in [0, 0.1) is 36.2 Å². The molecule has 6 N–H and O–H groups in total. The summed E-state index contributed by atoms with van der Waals surface area (Å²) >= 11 is 6.06. The van der Waals surface area contributed by atoms with E-state index in [9.17, 15) is 67.7 Å². The van der Waals surface area contributed by atoms with Crippen molar-refractivity contribution < 1.29 is 109 Å². The quantitative estimate of drug-likeness (QED) is 0.00449. The molecule has 1 fully saturated rings. The summed E-state index contributed by atoms with van der Waals surface area (Å²) in [5.41, 5.74) is 7.69. The van der Waals surface area contributed by atoms with Crippen LogP contribution in [0.3, 0.4) is 0 Å². The monoisotopic (exact) mass is 1700 g/mol. The molecule has 10 atom stereocenters. The number of nitrogens with zero attached hydrogens (tertiary/aromatic N) is 2. The Morgan fingerprint density at radius 3 is 1.52 bits per heavy atom. The number of ether oxygens (including phenoxy) is 4. The van der Waals surface area contributed by atoms with Gasteiger partial charge < -0.3 is 74.0 Å². The van der Waals surface area contributed by atoms with Gasteiger partial charge in [-0.1, -0.05) is 128 Å². The van der Waals surface area contributed by atoms with Gasteiger partial charge in [-0.05, 0) is 180 Å². The van der Waals surface area contributed by atoms with Gasteiger partial charge in [0.2, 0.25) is 23.6 Å². The normalized spacial score (nSPS) is 16.8. The number of hydroxylamine groups is 2. The molecule has 634 valence electrons. The number of phenolic OH excluding ortho intramolecular Hbond substituents is 2. The summed E-state index contributed by atoms with van der Waals surface area (Å²) < 4.78 is 20.7. The largest absolute Gasteiger partial charge is 2.00 e. The van der Waals surface area contributed by atoms with E-state index < -0.39 is 82.3 Å². The molecule has 0 aromatic heterocycles. The number of hydrogen-bond donors (Lipinski definition) is 5. The number of ketones is 5. The number of nitrogens with one attached hydrogen (secondary N) is 2. The second kappa shape index (κ2) is 53.2. The Hall–Kier alpha value is -8.24. The Balaban J connectivity index is -0.00000192. The summed E-state index contributed by atoms with van der Waals surface area (Å²) in [6.45, 7) is 36.6. The fourth-order valence-corrected chi connectivity index (χ4v) is 11.3. The van der Waals surface area contributed by atoms with Crippen LogP contribution in [-0.4, -0.2) is 183 Å². The Morgan fingerprint density at radius 1 is 0.661 bits per heavy atom. The topological polar surface area (TPSA) is 351 Å². The van der Waals surface area contributed by atoms with Crippen LogP contribution in [0.15, 0.2) is 115 Å². The molecule has 6 rings (SSSR count). The van der Waals surface area contributed by atoms with E-state index in [4.69, 9.17) is 47.7 Å². The van der Waals surface area contributed by atoms with Crippen LogP contribution >= 0.6 is 11.6 Å². The molecule has 0 saturated carbocycles. The molecule has 4 amide bonds. The van der Waals surface area contributed by atoms with Gasteiger partial charge in [-0.3, -0.25) is 68.4 Å². The van der Waals surface area contributed by atoms with Crippen LogP contribution in [0.5, 0.6) is 11.5 Å². The summed E-state index contributed by atoms with van der Waals surface area (Å²) in [6.07, 6.45) is 8.19. The molecule has 1 saturated heterocycles.